The molecule has 0 radical (unpaired) electrons. The summed E-state index contributed by atoms with van der Waals surface area (Å²) in [4.78, 5) is 0. The molecule has 0 heteroatoms. The van der Waals surface area contributed by atoms with Crippen LogP contribution in [0.1, 0.15) is 86.5 Å². The van der Waals surface area contributed by atoms with Crippen molar-refractivity contribution in [3.63, 3.8) is 0 Å². The second-order valence-electron chi connectivity index (χ2n) is 8.33. The minimum absolute atomic E-state index is 0.778. The van der Waals surface area contributed by atoms with Gasteiger partial charge in [0.05, 0.1) is 0 Å². The molecule has 1 rings (SSSR count). The third-order valence-electron chi connectivity index (χ3n) is 5.50. The number of hydrogen-bond donors (Lipinski definition) is 0. The van der Waals surface area contributed by atoms with Crippen molar-refractivity contribution in [3.05, 3.63) is 12.2 Å². The van der Waals surface area contributed by atoms with E-state index in [1.165, 1.54) is 44.9 Å². The molecule has 0 aromatic rings. The van der Waals surface area contributed by atoms with E-state index >= 15 is 0 Å². The maximum atomic E-state index is 4.49. The first-order valence-corrected chi connectivity index (χ1v) is 9.58. The first-order chi connectivity index (χ1) is 9.90. The Morgan fingerprint density at radius 3 is 2.14 bits per heavy atom. The number of allylic oxidation sites excluding steroid dienone is 1. The van der Waals surface area contributed by atoms with E-state index in [1.54, 1.807) is 5.57 Å². The van der Waals surface area contributed by atoms with E-state index in [0.29, 0.717) is 0 Å². The lowest BCUT2D eigenvalue weighted by Gasteiger charge is -2.23. The van der Waals surface area contributed by atoms with Crippen molar-refractivity contribution in [1.82, 2.24) is 0 Å². The fourth-order valence-electron chi connectivity index (χ4n) is 4.31. The summed E-state index contributed by atoms with van der Waals surface area (Å²) in [5.41, 5.74) is 1.57. The van der Waals surface area contributed by atoms with Crippen LogP contribution in [-0.4, -0.2) is 0 Å². The highest BCUT2D eigenvalue weighted by Gasteiger charge is 2.43. The molecule has 0 spiro atoms. The van der Waals surface area contributed by atoms with Gasteiger partial charge in [-0.1, -0.05) is 73.0 Å². The molecule has 1 aliphatic rings. The van der Waals surface area contributed by atoms with Crippen LogP contribution in [0, 0.1) is 35.5 Å². The Morgan fingerprint density at radius 1 is 1.05 bits per heavy atom. The standard InChI is InChI=1S/C21H40/c1-8-10-18(12-15(3)4)17(7)13-19-14-21(19)20(11-9-2)16(5)6/h15-16,18-21H,7-14H2,1-6H3. The van der Waals surface area contributed by atoms with Gasteiger partial charge in [0.15, 0.2) is 0 Å². The van der Waals surface area contributed by atoms with Crippen LogP contribution in [0.2, 0.25) is 0 Å². The molecule has 4 atom stereocenters. The first kappa shape index (κ1) is 18.8. The van der Waals surface area contributed by atoms with Gasteiger partial charge in [0.25, 0.3) is 0 Å². The van der Waals surface area contributed by atoms with Crippen LogP contribution in [0.25, 0.3) is 0 Å². The predicted octanol–water partition coefficient (Wildman–Crippen LogP) is 7.10. The maximum Gasteiger partial charge on any atom is -0.0203 e. The maximum absolute atomic E-state index is 4.49. The van der Waals surface area contributed by atoms with Crippen molar-refractivity contribution < 1.29 is 0 Å². The highest BCUT2D eigenvalue weighted by molar-refractivity contribution is 5.07. The lowest BCUT2D eigenvalue weighted by atomic mass is 9.82. The lowest BCUT2D eigenvalue weighted by molar-refractivity contribution is 0.298. The van der Waals surface area contributed by atoms with Gasteiger partial charge in [-0.2, -0.15) is 0 Å². The summed E-state index contributed by atoms with van der Waals surface area (Å²) in [7, 11) is 0. The fourth-order valence-corrected chi connectivity index (χ4v) is 4.31. The SMILES string of the molecule is C=C(CC1CC1C(CCC)C(C)C)C(CCC)CC(C)C. The van der Waals surface area contributed by atoms with E-state index in [1.807, 2.05) is 0 Å². The summed E-state index contributed by atoms with van der Waals surface area (Å²) in [6.07, 6.45) is 9.55. The van der Waals surface area contributed by atoms with Crippen LogP contribution in [0.15, 0.2) is 12.2 Å². The Labute approximate surface area is 134 Å². The van der Waals surface area contributed by atoms with Gasteiger partial charge in [-0.05, 0) is 61.2 Å². The van der Waals surface area contributed by atoms with E-state index in [0.717, 1.165) is 35.5 Å². The highest BCUT2D eigenvalue weighted by atomic mass is 14.5. The summed E-state index contributed by atoms with van der Waals surface area (Å²) in [5, 5.41) is 0. The fraction of sp³-hybridized carbons (Fsp3) is 0.905. The third kappa shape index (κ3) is 6.17. The molecule has 0 heterocycles. The number of rotatable bonds is 11. The van der Waals surface area contributed by atoms with Crippen LogP contribution >= 0.6 is 0 Å². The van der Waals surface area contributed by atoms with Gasteiger partial charge >= 0.3 is 0 Å². The predicted molar refractivity (Wildman–Crippen MR) is 96.4 cm³/mol. The van der Waals surface area contributed by atoms with Gasteiger partial charge in [-0.3, -0.25) is 0 Å². The van der Waals surface area contributed by atoms with E-state index in [4.69, 9.17) is 0 Å². The summed E-state index contributed by atoms with van der Waals surface area (Å²) in [6.45, 7) is 18.7. The molecule has 1 fully saturated rings. The molecule has 0 N–H and O–H groups in total. The van der Waals surface area contributed by atoms with E-state index < -0.39 is 0 Å². The van der Waals surface area contributed by atoms with Crippen molar-refractivity contribution in [2.45, 2.75) is 86.5 Å². The molecular formula is C21H40. The second kappa shape index (κ2) is 9.01. The lowest BCUT2D eigenvalue weighted by Crippen LogP contribution is -2.13. The molecule has 0 aliphatic heterocycles. The van der Waals surface area contributed by atoms with Gasteiger partial charge in [0.1, 0.15) is 0 Å². The molecule has 1 aliphatic carbocycles. The summed E-state index contributed by atoms with van der Waals surface area (Å²) in [6, 6.07) is 0. The monoisotopic (exact) mass is 292 g/mol. The molecule has 0 aromatic heterocycles. The zero-order chi connectivity index (χ0) is 16.0. The van der Waals surface area contributed by atoms with Gasteiger partial charge in [0.2, 0.25) is 0 Å². The van der Waals surface area contributed by atoms with Gasteiger partial charge in [-0.15, -0.1) is 0 Å². The minimum Gasteiger partial charge on any atom is -0.0996 e. The Kier molecular flexibility index (Phi) is 8.06. The second-order valence-corrected chi connectivity index (χ2v) is 8.33. The van der Waals surface area contributed by atoms with Crippen molar-refractivity contribution in [1.29, 1.82) is 0 Å². The zero-order valence-electron chi connectivity index (χ0n) is 15.6. The molecule has 0 bridgehead atoms. The average molecular weight is 293 g/mol. The van der Waals surface area contributed by atoms with E-state index in [9.17, 15) is 0 Å². The number of hydrogen-bond acceptors (Lipinski definition) is 0. The van der Waals surface area contributed by atoms with Crippen molar-refractivity contribution in [2.24, 2.45) is 35.5 Å². The zero-order valence-corrected chi connectivity index (χ0v) is 15.6. The summed E-state index contributed by atoms with van der Waals surface area (Å²) < 4.78 is 0. The molecule has 124 valence electrons. The summed E-state index contributed by atoms with van der Waals surface area (Å²) in [5.74, 6) is 5.36. The topological polar surface area (TPSA) is 0 Å². The van der Waals surface area contributed by atoms with Crippen molar-refractivity contribution in [3.8, 4) is 0 Å². The molecular weight excluding hydrogens is 252 g/mol. The van der Waals surface area contributed by atoms with E-state index in [-0.39, 0.29) is 0 Å². The van der Waals surface area contributed by atoms with Gasteiger partial charge < -0.3 is 0 Å². The quantitative estimate of drug-likeness (QED) is 0.356. The average Bonchev–Trinajstić information content (AvgIpc) is 3.13. The summed E-state index contributed by atoms with van der Waals surface area (Å²) >= 11 is 0. The molecule has 0 aromatic carbocycles. The van der Waals surface area contributed by atoms with E-state index in [2.05, 4.69) is 48.1 Å². The van der Waals surface area contributed by atoms with Crippen LogP contribution in [0.5, 0.6) is 0 Å². The van der Waals surface area contributed by atoms with Crippen LogP contribution in [0.4, 0.5) is 0 Å². The van der Waals surface area contributed by atoms with Gasteiger partial charge in [-0.25, -0.2) is 0 Å². The van der Waals surface area contributed by atoms with Crippen molar-refractivity contribution in [2.75, 3.05) is 0 Å². The van der Waals surface area contributed by atoms with Crippen LogP contribution in [0.3, 0.4) is 0 Å². The van der Waals surface area contributed by atoms with Crippen LogP contribution < -0.4 is 0 Å². The Hall–Kier alpha value is -0.260. The molecule has 0 saturated heterocycles. The molecule has 4 unspecified atom stereocenters. The van der Waals surface area contributed by atoms with Gasteiger partial charge in [0, 0.05) is 0 Å². The third-order valence-corrected chi connectivity index (χ3v) is 5.50. The Morgan fingerprint density at radius 2 is 1.67 bits per heavy atom. The minimum atomic E-state index is 0.778. The Balaban J connectivity index is 2.48. The highest BCUT2D eigenvalue weighted by Crippen LogP contribution is 2.52. The molecule has 0 nitrogen and oxygen atoms in total. The normalized spacial score (nSPS) is 24.4. The van der Waals surface area contributed by atoms with Crippen LogP contribution in [-0.2, 0) is 0 Å². The first-order valence-electron chi connectivity index (χ1n) is 9.58. The molecule has 1 saturated carbocycles. The smallest absolute Gasteiger partial charge is 0.0203 e. The molecule has 0 amide bonds. The Bertz CT molecular complexity index is 299. The largest absolute Gasteiger partial charge is 0.0996 e. The van der Waals surface area contributed by atoms with Crippen molar-refractivity contribution >= 4 is 0 Å². The molecule has 21 heavy (non-hydrogen) atoms.